The number of hydrogen-bond donors (Lipinski definition) is 2. The lowest BCUT2D eigenvalue weighted by molar-refractivity contribution is 0.0952. The van der Waals surface area contributed by atoms with Gasteiger partial charge in [0, 0.05) is 18.2 Å². The minimum absolute atomic E-state index is 0.0804. The van der Waals surface area contributed by atoms with Gasteiger partial charge in [0.1, 0.15) is 0 Å². The Morgan fingerprint density at radius 1 is 1.00 bits per heavy atom. The van der Waals surface area contributed by atoms with E-state index in [2.05, 4.69) is 23.9 Å². The Morgan fingerprint density at radius 3 is 2.35 bits per heavy atom. The summed E-state index contributed by atoms with van der Waals surface area (Å²) < 4.78 is 28.0. The molecule has 2 aromatic carbocycles. The first kappa shape index (κ1) is 20.1. The zero-order chi connectivity index (χ0) is 19.2. The first-order valence-corrected chi connectivity index (χ1v) is 10.2. The second-order valence-corrected chi connectivity index (χ2v) is 8.43. The maximum atomic E-state index is 12.7. The quantitative estimate of drug-likeness (QED) is 0.742. The first-order chi connectivity index (χ1) is 12.3. The van der Waals surface area contributed by atoms with Crippen LogP contribution in [0.1, 0.15) is 49.2 Å². The fraction of sp³-hybridized carbons (Fsp3) is 0.350. The van der Waals surface area contributed by atoms with Crippen LogP contribution in [0.5, 0.6) is 0 Å². The largest absolute Gasteiger partial charge is 0.352 e. The molecule has 5 nitrogen and oxygen atoms in total. The number of carbonyl (C=O) groups is 1. The average Bonchev–Trinajstić information content (AvgIpc) is 2.62. The Hall–Kier alpha value is -2.18. The summed E-state index contributed by atoms with van der Waals surface area (Å²) in [6.45, 7) is 6.52. The maximum absolute atomic E-state index is 12.7. The number of rotatable bonds is 8. The van der Waals surface area contributed by atoms with Crippen LogP contribution in [-0.2, 0) is 10.0 Å². The van der Waals surface area contributed by atoms with E-state index in [4.69, 9.17) is 0 Å². The van der Waals surface area contributed by atoms with Crippen LogP contribution in [0.4, 0.5) is 0 Å². The Labute approximate surface area is 155 Å². The fourth-order valence-electron chi connectivity index (χ4n) is 2.49. The SMILES string of the molecule is CC(C)CCNC(=O)c1cccc(S(=O)(=O)NC(C)c2ccccc2)c1. The summed E-state index contributed by atoms with van der Waals surface area (Å²) in [5.41, 5.74) is 1.21. The number of benzene rings is 2. The highest BCUT2D eigenvalue weighted by atomic mass is 32.2. The number of hydrogen-bond acceptors (Lipinski definition) is 3. The lowest BCUT2D eigenvalue weighted by atomic mass is 10.1. The van der Waals surface area contributed by atoms with Gasteiger partial charge in [0.25, 0.3) is 5.91 Å². The molecule has 1 unspecified atom stereocenters. The molecule has 26 heavy (non-hydrogen) atoms. The van der Waals surface area contributed by atoms with Crippen LogP contribution in [-0.4, -0.2) is 20.9 Å². The van der Waals surface area contributed by atoms with Crippen LogP contribution in [0.3, 0.4) is 0 Å². The van der Waals surface area contributed by atoms with Crippen molar-refractivity contribution in [2.75, 3.05) is 6.54 Å². The van der Waals surface area contributed by atoms with Crippen molar-refractivity contribution in [2.45, 2.75) is 38.1 Å². The average molecular weight is 375 g/mol. The van der Waals surface area contributed by atoms with E-state index in [1.807, 2.05) is 30.3 Å². The molecule has 0 spiro atoms. The van der Waals surface area contributed by atoms with Gasteiger partial charge < -0.3 is 5.32 Å². The van der Waals surface area contributed by atoms with Crippen LogP contribution in [0.25, 0.3) is 0 Å². The van der Waals surface area contributed by atoms with Crippen molar-refractivity contribution >= 4 is 15.9 Å². The molecule has 140 valence electrons. The topological polar surface area (TPSA) is 75.3 Å². The van der Waals surface area contributed by atoms with E-state index >= 15 is 0 Å². The van der Waals surface area contributed by atoms with Crippen molar-refractivity contribution in [3.63, 3.8) is 0 Å². The molecule has 2 N–H and O–H groups in total. The highest BCUT2D eigenvalue weighted by Crippen LogP contribution is 2.17. The van der Waals surface area contributed by atoms with Crippen molar-refractivity contribution < 1.29 is 13.2 Å². The van der Waals surface area contributed by atoms with E-state index in [1.165, 1.54) is 12.1 Å². The van der Waals surface area contributed by atoms with Crippen molar-refractivity contribution in [1.29, 1.82) is 0 Å². The number of sulfonamides is 1. The van der Waals surface area contributed by atoms with Gasteiger partial charge in [0.15, 0.2) is 0 Å². The summed E-state index contributed by atoms with van der Waals surface area (Å²) in [5, 5.41) is 2.82. The third kappa shape index (κ3) is 5.68. The highest BCUT2D eigenvalue weighted by Gasteiger charge is 2.19. The number of nitrogens with one attached hydrogen (secondary N) is 2. The summed E-state index contributed by atoms with van der Waals surface area (Å²) in [7, 11) is -3.73. The fourth-order valence-corrected chi connectivity index (χ4v) is 3.77. The van der Waals surface area contributed by atoms with Crippen LogP contribution < -0.4 is 10.0 Å². The molecule has 2 aromatic rings. The molecule has 0 saturated heterocycles. The molecule has 0 aliphatic heterocycles. The summed E-state index contributed by atoms with van der Waals surface area (Å²) in [4.78, 5) is 12.3. The van der Waals surface area contributed by atoms with Gasteiger partial charge in [0.2, 0.25) is 10.0 Å². The van der Waals surface area contributed by atoms with Crippen LogP contribution in [0, 0.1) is 5.92 Å². The van der Waals surface area contributed by atoms with E-state index in [9.17, 15) is 13.2 Å². The van der Waals surface area contributed by atoms with E-state index in [1.54, 1.807) is 19.1 Å². The maximum Gasteiger partial charge on any atom is 0.251 e. The van der Waals surface area contributed by atoms with Gasteiger partial charge in [-0.15, -0.1) is 0 Å². The van der Waals surface area contributed by atoms with Crippen molar-refractivity contribution in [1.82, 2.24) is 10.0 Å². The van der Waals surface area contributed by atoms with Gasteiger partial charge in [-0.1, -0.05) is 50.2 Å². The monoisotopic (exact) mass is 374 g/mol. The van der Waals surface area contributed by atoms with Gasteiger partial charge in [-0.2, -0.15) is 0 Å². The molecule has 0 heterocycles. The Kier molecular flexibility index (Phi) is 6.94. The summed E-state index contributed by atoms with van der Waals surface area (Å²) in [6, 6.07) is 15.1. The molecule has 0 aliphatic carbocycles. The van der Waals surface area contributed by atoms with Crippen LogP contribution >= 0.6 is 0 Å². The Morgan fingerprint density at radius 2 is 1.69 bits per heavy atom. The predicted octanol–water partition coefficient (Wildman–Crippen LogP) is 3.50. The normalized spacial score (nSPS) is 12.8. The molecule has 6 heteroatoms. The van der Waals surface area contributed by atoms with Gasteiger partial charge >= 0.3 is 0 Å². The molecule has 0 radical (unpaired) electrons. The molecule has 2 rings (SSSR count). The molecular weight excluding hydrogens is 348 g/mol. The van der Waals surface area contributed by atoms with E-state index in [0.717, 1.165) is 12.0 Å². The molecule has 0 saturated carbocycles. The van der Waals surface area contributed by atoms with Crippen LogP contribution in [0.15, 0.2) is 59.5 Å². The molecule has 0 aliphatic rings. The minimum atomic E-state index is -3.73. The third-order valence-electron chi connectivity index (χ3n) is 4.05. The molecule has 0 fully saturated rings. The second kappa shape index (κ2) is 8.96. The number of amides is 1. The van der Waals surface area contributed by atoms with Crippen molar-refractivity contribution in [3.8, 4) is 0 Å². The summed E-state index contributed by atoms with van der Waals surface area (Å²) >= 11 is 0. The molecule has 0 bridgehead atoms. The van der Waals surface area contributed by atoms with Gasteiger partial charge in [-0.25, -0.2) is 13.1 Å². The van der Waals surface area contributed by atoms with Crippen molar-refractivity contribution in [3.05, 3.63) is 65.7 Å². The summed E-state index contributed by atoms with van der Waals surface area (Å²) in [6.07, 6.45) is 0.875. The Bertz CT molecular complexity index is 833. The van der Waals surface area contributed by atoms with E-state index in [0.29, 0.717) is 18.0 Å². The second-order valence-electron chi connectivity index (χ2n) is 6.72. The third-order valence-corrected chi connectivity index (χ3v) is 5.58. The standard InChI is InChI=1S/C20H26N2O3S/c1-15(2)12-13-21-20(23)18-10-7-11-19(14-18)26(24,25)22-16(3)17-8-5-4-6-9-17/h4-11,14-16,22H,12-13H2,1-3H3,(H,21,23). The zero-order valence-corrected chi connectivity index (χ0v) is 16.2. The van der Waals surface area contributed by atoms with Gasteiger partial charge in [0.05, 0.1) is 4.90 Å². The predicted molar refractivity (Wildman–Crippen MR) is 103 cm³/mol. The Balaban J connectivity index is 2.11. The van der Waals surface area contributed by atoms with E-state index < -0.39 is 10.0 Å². The smallest absolute Gasteiger partial charge is 0.251 e. The van der Waals surface area contributed by atoms with Crippen molar-refractivity contribution in [2.24, 2.45) is 5.92 Å². The van der Waals surface area contributed by atoms with E-state index in [-0.39, 0.29) is 16.8 Å². The zero-order valence-electron chi connectivity index (χ0n) is 15.4. The van der Waals surface area contributed by atoms with Gasteiger partial charge in [-0.05, 0) is 43.0 Å². The lowest BCUT2D eigenvalue weighted by Gasteiger charge is -2.15. The molecule has 1 atom stereocenters. The molecule has 1 amide bonds. The van der Waals surface area contributed by atoms with Crippen LogP contribution in [0.2, 0.25) is 0 Å². The first-order valence-electron chi connectivity index (χ1n) is 8.75. The highest BCUT2D eigenvalue weighted by molar-refractivity contribution is 7.89. The molecular formula is C20H26N2O3S. The van der Waals surface area contributed by atoms with Gasteiger partial charge in [-0.3, -0.25) is 4.79 Å². The minimum Gasteiger partial charge on any atom is -0.352 e. The summed E-state index contributed by atoms with van der Waals surface area (Å²) in [5.74, 6) is 0.226. The molecule has 0 aromatic heterocycles. The number of carbonyl (C=O) groups excluding carboxylic acids is 1. The lowest BCUT2D eigenvalue weighted by Crippen LogP contribution is -2.28.